The molecule has 0 aliphatic carbocycles. The molecule has 232 valence electrons. The molecule has 0 spiro atoms. The summed E-state index contributed by atoms with van der Waals surface area (Å²) in [5.41, 5.74) is 7.88. The molecule has 1 unspecified atom stereocenters. The van der Waals surface area contributed by atoms with E-state index in [1.807, 2.05) is 39.0 Å². The van der Waals surface area contributed by atoms with Crippen LogP contribution in [-0.2, 0) is 23.8 Å². The molecule has 2 aromatic rings. The molecule has 3 N–H and O–H groups in total. The topological polar surface area (TPSA) is 147 Å². The number of likely N-dealkylation sites (tertiary alicyclic amines) is 1. The van der Waals surface area contributed by atoms with Gasteiger partial charge in [0.15, 0.2) is 0 Å². The lowest BCUT2D eigenvalue weighted by Gasteiger charge is -2.36. The highest BCUT2D eigenvalue weighted by Gasteiger charge is 2.43. The molecule has 1 amide bonds. The van der Waals surface area contributed by atoms with Gasteiger partial charge in [-0.1, -0.05) is 30.3 Å². The lowest BCUT2D eigenvalue weighted by atomic mass is 9.81. The molecule has 1 atom stereocenters. The third-order valence-electron chi connectivity index (χ3n) is 7.60. The van der Waals surface area contributed by atoms with Gasteiger partial charge >= 0.3 is 18.0 Å². The molecular formula is C33H39N5O6. The van der Waals surface area contributed by atoms with Gasteiger partial charge < -0.3 is 30.2 Å². The molecule has 2 heterocycles. The van der Waals surface area contributed by atoms with Gasteiger partial charge in [-0.15, -0.1) is 0 Å². The molecule has 11 heteroatoms. The molecule has 2 aromatic carbocycles. The van der Waals surface area contributed by atoms with Gasteiger partial charge in [-0.2, -0.15) is 5.26 Å². The van der Waals surface area contributed by atoms with Crippen LogP contribution in [0.2, 0.25) is 0 Å². The number of nitriles is 1. The first-order chi connectivity index (χ1) is 21.0. The summed E-state index contributed by atoms with van der Waals surface area (Å²) in [4.78, 5) is 41.9. The number of methoxy groups -OCH3 is 2. The maximum atomic E-state index is 13.2. The number of nitrogens with zero attached hydrogens (tertiary/aromatic N) is 3. The Morgan fingerprint density at radius 1 is 0.977 bits per heavy atom. The predicted octanol–water partition coefficient (Wildman–Crippen LogP) is 4.64. The third kappa shape index (κ3) is 6.97. The molecule has 2 aliphatic heterocycles. The quantitative estimate of drug-likeness (QED) is 0.340. The van der Waals surface area contributed by atoms with E-state index < -0.39 is 23.5 Å². The van der Waals surface area contributed by atoms with E-state index in [0.29, 0.717) is 36.8 Å². The van der Waals surface area contributed by atoms with E-state index in [9.17, 15) is 19.6 Å². The van der Waals surface area contributed by atoms with Crippen LogP contribution >= 0.6 is 0 Å². The van der Waals surface area contributed by atoms with Crippen LogP contribution in [0.15, 0.2) is 77.3 Å². The number of allylic oxidation sites excluding steroid dienone is 1. The van der Waals surface area contributed by atoms with Crippen molar-refractivity contribution in [3.8, 4) is 6.07 Å². The Bertz CT molecular complexity index is 1480. The zero-order chi connectivity index (χ0) is 32.0. The standard InChI is InChI=1S/C33H39N5O6/c1-33(2,3)44-32(41)37-17-15-21(16-18-37)20-36-23-11-13-24(14-12-23)38-28(31(40)43-5)27(30(39)42-4)26(25(19-34)29(38)35)22-9-7-6-8-10-22/h6-14,21,26,36H,15-18,20,35H2,1-5H3. The Balaban J connectivity index is 1.56. The van der Waals surface area contributed by atoms with Crippen LogP contribution in [0.1, 0.15) is 45.1 Å². The number of hydrogen-bond acceptors (Lipinski definition) is 10. The normalized spacial score (nSPS) is 17.6. The molecule has 11 nitrogen and oxygen atoms in total. The van der Waals surface area contributed by atoms with Crippen LogP contribution in [0.5, 0.6) is 0 Å². The summed E-state index contributed by atoms with van der Waals surface area (Å²) >= 11 is 0. The lowest BCUT2D eigenvalue weighted by molar-refractivity contribution is -0.139. The number of carbonyl (C=O) groups is 3. The summed E-state index contributed by atoms with van der Waals surface area (Å²) in [6, 6.07) is 18.2. The molecule has 1 fully saturated rings. The van der Waals surface area contributed by atoms with Gasteiger partial charge in [0, 0.05) is 31.0 Å². The van der Waals surface area contributed by atoms with Crippen LogP contribution in [0.4, 0.5) is 16.2 Å². The minimum Gasteiger partial charge on any atom is -0.466 e. The molecule has 0 saturated carbocycles. The predicted molar refractivity (Wildman–Crippen MR) is 165 cm³/mol. The number of nitrogens with two attached hydrogens (primary N) is 1. The van der Waals surface area contributed by atoms with Crippen LogP contribution in [0, 0.1) is 17.2 Å². The van der Waals surface area contributed by atoms with Gasteiger partial charge in [0.25, 0.3) is 0 Å². The summed E-state index contributed by atoms with van der Waals surface area (Å²) in [6.45, 7) is 7.56. The van der Waals surface area contributed by atoms with Crippen LogP contribution in [0.3, 0.4) is 0 Å². The van der Waals surface area contributed by atoms with Gasteiger partial charge in [-0.3, -0.25) is 4.90 Å². The Hall–Kier alpha value is -4.98. The van der Waals surface area contributed by atoms with Gasteiger partial charge in [-0.25, -0.2) is 14.4 Å². The average molecular weight is 602 g/mol. The van der Waals surface area contributed by atoms with E-state index >= 15 is 0 Å². The summed E-state index contributed by atoms with van der Waals surface area (Å²) in [7, 11) is 2.43. The van der Waals surface area contributed by atoms with E-state index in [2.05, 4.69) is 11.4 Å². The van der Waals surface area contributed by atoms with Crippen molar-refractivity contribution in [2.45, 2.75) is 45.1 Å². The number of ether oxygens (including phenoxy) is 3. The van der Waals surface area contributed by atoms with Gasteiger partial charge in [-0.05, 0) is 69.4 Å². The smallest absolute Gasteiger partial charge is 0.410 e. The van der Waals surface area contributed by atoms with Gasteiger partial charge in [0.2, 0.25) is 0 Å². The zero-order valence-corrected chi connectivity index (χ0v) is 25.8. The fourth-order valence-corrected chi connectivity index (χ4v) is 5.42. The number of esters is 2. The van der Waals surface area contributed by atoms with Crippen molar-refractivity contribution in [2.75, 3.05) is 44.1 Å². The average Bonchev–Trinajstić information content (AvgIpc) is 3.02. The summed E-state index contributed by atoms with van der Waals surface area (Å²) < 4.78 is 15.7. The Kier molecular flexibility index (Phi) is 9.83. The third-order valence-corrected chi connectivity index (χ3v) is 7.60. The van der Waals surface area contributed by atoms with Crippen molar-refractivity contribution >= 4 is 29.4 Å². The van der Waals surface area contributed by atoms with E-state index in [1.54, 1.807) is 41.3 Å². The molecule has 0 bridgehead atoms. The second-order valence-corrected chi connectivity index (χ2v) is 11.7. The zero-order valence-electron chi connectivity index (χ0n) is 25.8. The van der Waals surface area contributed by atoms with Crippen molar-refractivity contribution in [3.05, 3.63) is 82.8 Å². The highest BCUT2D eigenvalue weighted by atomic mass is 16.6. The number of anilines is 2. The van der Waals surface area contributed by atoms with Crippen molar-refractivity contribution < 1.29 is 28.6 Å². The van der Waals surface area contributed by atoms with Crippen molar-refractivity contribution in [2.24, 2.45) is 11.7 Å². The number of carbonyl (C=O) groups excluding carboxylic acids is 3. The molecule has 2 aliphatic rings. The fraction of sp³-hybridized carbons (Fsp3) is 0.394. The van der Waals surface area contributed by atoms with Gasteiger partial charge in [0.1, 0.15) is 17.1 Å². The first kappa shape index (κ1) is 31.9. The Morgan fingerprint density at radius 3 is 2.14 bits per heavy atom. The number of piperidine rings is 1. The molecular weight excluding hydrogens is 562 g/mol. The van der Waals surface area contributed by atoms with E-state index in [0.717, 1.165) is 18.5 Å². The fourth-order valence-electron chi connectivity index (χ4n) is 5.42. The van der Waals surface area contributed by atoms with Crippen LogP contribution in [-0.4, -0.2) is 62.4 Å². The highest BCUT2D eigenvalue weighted by Crippen LogP contribution is 2.43. The summed E-state index contributed by atoms with van der Waals surface area (Å²) in [6.07, 6.45) is 1.42. The number of amides is 1. The molecule has 0 aromatic heterocycles. The minimum atomic E-state index is -0.929. The molecule has 4 rings (SSSR count). The van der Waals surface area contributed by atoms with Gasteiger partial charge in [0.05, 0.1) is 37.4 Å². The highest BCUT2D eigenvalue weighted by molar-refractivity contribution is 6.06. The Labute approximate surface area is 257 Å². The number of nitrogens with one attached hydrogen (secondary N) is 1. The second kappa shape index (κ2) is 13.5. The molecule has 0 radical (unpaired) electrons. The van der Waals surface area contributed by atoms with Crippen molar-refractivity contribution in [1.29, 1.82) is 5.26 Å². The monoisotopic (exact) mass is 601 g/mol. The molecule has 1 saturated heterocycles. The van der Waals surface area contributed by atoms with Crippen molar-refractivity contribution in [1.82, 2.24) is 4.90 Å². The van der Waals surface area contributed by atoms with Crippen LogP contribution < -0.4 is 16.0 Å². The Morgan fingerprint density at radius 2 is 1.59 bits per heavy atom. The maximum Gasteiger partial charge on any atom is 0.410 e. The second-order valence-electron chi connectivity index (χ2n) is 11.7. The molecule has 44 heavy (non-hydrogen) atoms. The first-order valence-corrected chi connectivity index (χ1v) is 14.5. The minimum absolute atomic E-state index is 0.00635. The number of rotatable bonds is 7. The largest absolute Gasteiger partial charge is 0.466 e. The lowest BCUT2D eigenvalue weighted by Crippen LogP contribution is -2.42. The number of hydrogen-bond donors (Lipinski definition) is 2. The first-order valence-electron chi connectivity index (χ1n) is 14.5. The number of benzene rings is 2. The summed E-state index contributed by atoms with van der Waals surface area (Å²) in [5, 5.41) is 13.6. The van der Waals surface area contributed by atoms with E-state index in [-0.39, 0.29) is 28.8 Å². The van der Waals surface area contributed by atoms with E-state index in [4.69, 9.17) is 19.9 Å². The maximum absolute atomic E-state index is 13.2. The van der Waals surface area contributed by atoms with E-state index in [1.165, 1.54) is 19.1 Å². The summed E-state index contributed by atoms with van der Waals surface area (Å²) in [5.74, 6) is -2.13. The van der Waals surface area contributed by atoms with Crippen LogP contribution in [0.25, 0.3) is 0 Å². The van der Waals surface area contributed by atoms with Crippen molar-refractivity contribution in [3.63, 3.8) is 0 Å². The SMILES string of the molecule is COC(=O)C1=C(C(=O)OC)N(c2ccc(NCC3CCN(C(=O)OC(C)(C)C)CC3)cc2)C(N)=C(C#N)C1c1ccccc1.